The van der Waals surface area contributed by atoms with E-state index in [1.807, 2.05) is 13.8 Å². The van der Waals surface area contributed by atoms with E-state index in [0.717, 1.165) is 29.1 Å². The lowest BCUT2D eigenvalue weighted by Gasteiger charge is -2.36. The van der Waals surface area contributed by atoms with Gasteiger partial charge in [0.25, 0.3) is 0 Å². The van der Waals surface area contributed by atoms with E-state index in [4.69, 9.17) is 0 Å². The van der Waals surface area contributed by atoms with E-state index in [-0.39, 0.29) is 36.3 Å². The van der Waals surface area contributed by atoms with Crippen molar-refractivity contribution in [2.75, 3.05) is 24.2 Å². The average molecular weight is 476 g/mol. The van der Waals surface area contributed by atoms with Crippen molar-refractivity contribution in [1.82, 2.24) is 19.5 Å². The molecule has 1 fully saturated rings. The molecule has 0 radical (unpaired) electrons. The molecular formula is C21H32F3N5O2S. The third-order valence-electron chi connectivity index (χ3n) is 5.82. The number of anilines is 1. The van der Waals surface area contributed by atoms with Crippen LogP contribution in [0.5, 0.6) is 0 Å². The number of H-pyrrole nitrogens is 1. The molecule has 3 rings (SSSR count). The van der Waals surface area contributed by atoms with Crippen LogP contribution in [0.25, 0.3) is 0 Å². The molecule has 1 N–H and O–H groups in total. The van der Waals surface area contributed by atoms with E-state index in [9.17, 15) is 21.6 Å². The van der Waals surface area contributed by atoms with Crippen LogP contribution in [0.1, 0.15) is 45.6 Å². The molecule has 2 heterocycles. The molecule has 2 aromatic rings. The molecule has 0 unspecified atom stereocenters. The lowest BCUT2D eigenvalue weighted by molar-refractivity contribution is 0.192. The first-order valence-electron chi connectivity index (χ1n) is 10.7. The summed E-state index contributed by atoms with van der Waals surface area (Å²) in [4.78, 5) is 5.09. The number of piperidine rings is 1. The van der Waals surface area contributed by atoms with Crippen LogP contribution in [0.4, 0.5) is 18.9 Å². The molecule has 0 bridgehead atoms. The van der Waals surface area contributed by atoms with Crippen molar-refractivity contribution in [1.29, 1.82) is 0 Å². The fraction of sp³-hybridized carbons (Fsp3) is 0.619. The first kappa shape index (κ1) is 26.1. The predicted octanol–water partition coefficient (Wildman–Crippen LogP) is 3.90. The zero-order valence-corrected chi connectivity index (χ0v) is 19.7. The molecule has 0 aliphatic carbocycles. The van der Waals surface area contributed by atoms with Gasteiger partial charge in [-0.25, -0.2) is 26.6 Å². The molecule has 1 saturated heterocycles. The minimum atomic E-state index is -3.57. The van der Waals surface area contributed by atoms with Gasteiger partial charge in [0.15, 0.2) is 0 Å². The van der Waals surface area contributed by atoms with Crippen molar-refractivity contribution in [2.45, 2.75) is 58.8 Å². The topological polar surface area (TPSA) is 82.2 Å². The minimum Gasteiger partial charge on any atom is -0.366 e. The quantitative estimate of drug-likeness (QED) is 0.657. The van der Waals surface area contributed by atoms with Gasteiger partial charge < -0.3 is 4.90 Å². The Kier molecular flexibility index (Phi) is 9.50. The standard InChI is InChI=1S/C19H29F3N2O2S.C2H3N3/c1-5-13(3)24(27(4,25)26)11-15-9-17(21)19(10-16(15)20)23-8-7-14(6-2)18(22)12-23;1-3-2-5-4-1/h9-10,13-14,18H,5-8,11-12H2,1-4H3;1-2H,(H,3,4,5)/t13-,14+,18-;/m0./s1. The molecule has 32 heavy (non-hydrogen) atoms. The predicted molar refractivity (Wildman–Crippen MR) is 118 cm³/mol. The van der Waals surface area contributed by atoms with Gasteiger partial charge in [-0.1, -0.05) is 20.3 Å². The van der Waals surface area contributed by atoms with E-state index in [1.165, 1.54) is 17.6 Å². The molecular weight excluding hydrogens is 443 g/mol. The Morgan fingerprint density at radius 2 is 2.00 bits per heavy atom. The van der Waals surface area contributed by atoms with Crippen LogP contribution in [-0.4, -0.2) is 59.5 Å². The van der Waals surface area contributed by atoms with E-state index in [0.29, 0.717) is 19.4 Å². The Hall–Kier alpha value is -2.14. The number of nitrogens with zero attached hydrogens (tertiary/aromatic N) is 4. The Labute approximate surface area is 188 Å². The summed E-state index contributed by atoms with van der Waals surface area (Å²) < 4.78 is 68.6. The van der Waals surface area contributed by atoms with E-state index >= 15 is 0 Å². The number of aromatic amines is 1. The summed E-state index contributed by atoms with van der Waals surface area (Å²) in [6.07, 6.45) is 4.82. The fourth-order valence-corrected chi connectivity index (χ4v) is 4.89. The number of hydrogen-bond donors (Lipinski definition) is 1. The van der Waals surface area contributed by atoms with Gasteiger partial charge >= 0.3 is 0 Å². The highest BCUT2D eigenvalue weighted by Crippen LogP contribution is 2.31. The number of halogens is 3. The molecule has 0 amide bonds. The van der Waals surface area contributed by atoms with Gasteiger partial charge in [-0.3, -0.25) is 5.10 Å². The molecule has 3 atom stereocenters. The lowest BCUT2D eigenvalue weighted by atomic mass is 9.92. The number of alkyl halides is 1. The van der Waals surface area contributed by atoms with Gasteiger partial charge in [-0.2, -0.15) is 9.40 Å². The van der Waals surface area contributed by atoms with Crippen molar-refractivity contribution in [3.05, 3.63) is 42.0 Å². The maximum absolute atomic E-state index is 14.7. The van der Waals surface area contributed by atoms with Gasteiger partial charge in [0, 0.05) is 37.3 Å². The van der Waals surface area contributed by atoms with Crippen LogP contribution in [0.15, 0.2) is 24.8 Å². The molecule has 7 nitrogen and oxygen atoms in total. The summed E-state index contributed by atoms with van der Waals surface area (Å²) in [6.45, 7) is 5.75. The Morgan fingerprint density at radius 1 is 1.28 bits per heavy atom. The van der Waals surface area contributed by atoms with E-state index < -0.39 is 27.8 Å². The highest BCUT2D eigenvalue weighted by atomic mass is 32.2. The molecule has 0 saturated carbocycles. The number of hydrogen-bond acceptors (Lipinski definition) is 5. The summed E-state index contributed by atoms with van der Waals surface area (Å²) in [7, 11) is -3.57. The number of nitrogens with one attached hydrogen (secondary N) is 1. The summed E-state index contributed by atoms with van der Waals surface area (Å²) in [5.74, 6) is -1.39. The fourth-order valence-electron chi connectivity index (χ4n) is 3.71. The largest absolute Gasteiger partial charge is 0.366 e. The van der Waals surface area contributed by atoms with Gasteiger partial charge in [0.05, 0.1) is 11.9 Å². The lowest BCUT2D eigenvalue weighted by Crippen LogP contribution is -2.42. The van der Waals surface area contributed by atoms with Gasteiger partial charge in [0.2, 0.25) is 10.0 Å². The third-order valence-corrected chi connectivity index (χ3v) is 7.16. The number of rotatable bonds is 7. The van der Waals surface area contributed by atoms with Crippen molar-refractivity contribution in [3.8, 4) is 0 Å². The van der Waals surface area contributed by atoms with Gasteiger partial charge in [0.1, 0.15) is 30.5 Å². The number of aromatic nitrogens is 3. The first-order valence-corrected chi connectivity index (χ1v) is 12.6. The van der Waals surface area contributed by atoms with Crippen LogP contribution in [0.3, 0.4) is 0 Å². The summed E-state index contributed by atoms with van der Waals surface area (Å²) in [5, 5.41) is 5.99. The third kappa shape index (κ3) is 6.93. The zero-order valence-electron chi connectivity index (χ0n) is 18.9. The number of benzene rings is 1. The second-order valence-electron chi connectivity index (χ2n) is 8.03. The molecule has 1 aromatic heterocycles. The van der Waals surface area contributed by atoms with E-state index in [1.54, 1.807) is 6.92 Å². The highest BCUT2D eigenvalue weighted by molar-refractivity contribution is 7.88. The molecule has 0 spiro atoms. The van der Waals surface area contributed by atoms with Crippen molar-refractivity contribution in [2.24, 2.45) is 5.92 Å². The van der Waals surface area contributed by atoms with Crippen LogP contribution in [0, 0.1) is 17.6 Å². The van der Waals surface area contributed by atoms with Crippen molar-refractivity contribution < 1.29 is 21.6 Å². The van der Waals surface area contributed by atoms with Gasteiger partial charge in [-0.05, 0) is 31.7 Å². The maximum atomic E-state index is 14.7. The van der Waals surface area contributed by atoms with Crippen molar-refractivity contribution in [3.63, 3.8) is 0 Å². The van der Waals surface area contributed by atoms with Crippen LogP contribution in [-0.2, 0) is 16.6 Å². The second kappa shape index (κ2) is 11.6. The Morgan fingerprint density at radius 3 is 2.47 bits per heavy atom. The molecule has 1 aliphatic rings. The number of sulfonamides is 1. The van der Waals surface area contributed by atoms with Crippen LogP contribution >= 0.6 is 0 Å². The van der Waals surface area contributed by atoms with Crippen LogP contribution in [0.2, 0.25) is 0 Å². The molecule has 1 aromatic carbocycles. The van der Waals surface area contributed by atoms with Crippen molar-refractivity contribution >= 4 is 15.7 Å². The second-order valence-corrected chi connectivity index (χ2v) is 9.97. The van der Waals surface area contributed by atoms with E-state index in [2.05, 4.69) is 15.2 Å². The highest BCUT2D eigenvalue weighted by Gasteiger charge is 2.30. The summed E-state index contributed by atoms with van der Waals surface area (Å²) >= 11 is 0. The molecule has 180 valence electrons. The summed E-state index contributed by atoms with van der Waals surface area (Å²) in [6, 6.07) is 1.76. The smallest absolute Gasteiger partial charge is 0.211 e. The normalized spacial score (nSPS) is 20.1. The van der Waals surface area contributed by atoms with Gasteiger partial charge in [-0.15, -0.1) is 0 Å². The Balaban J connectivity index is 0.000000636. The maximum Gasteiger partial charge on any atom is 0.211 e. The molecule has 11 heteroatoms. The SMILES string of the molecule is CC[C@@H]1CCN(c2cc(F)c(CN([C@@H](C)CC)S(C)(=O)=O)cc2F)C[C@@H]1F.c1nc[nH]n1. The Bertz CT molecular complexity index is 926. The summed E-state index contributed by atoms with van der Waals surface area (Å²) in [5.41, 5.74) is 0.00474. The molecule has 1 aliphatic heterocycles. The van der Waals surface area contributed by atoms with Crippen LogP contribution < -0.4 is 4.90 Å². The average Bonchev–Trinajstić information content (AvgIpc) is 3.32. The monoisotopic (exact) mass is 475 g/mol. The zero-order chi connectivity index (χ0) is 23.9. The first-order chi connectivity index (χ1) is 15.1. The minimum absolute atomic E-state index is 0.0257.